The average molecular weight is 360 g/mol. The van der Waals surface area contributed by atoms with Gasteiger partial charge in [0, 0.05) is 16.7 Å². The molecule has 0 heterocycles. The van der Waals surface area contributed by atoms with Gasteiger partial charge in [-0.3, -0.25) is 0 Å². The fraction of sp³-hybridized carbons (Fsp3) is 0.538. The second-order valence-electron chi connectivity index (χ2n) is 4.41. The molecule has 0 saturated carbocycles. The summed E-state index contributed by atoms with van der Waals surface area (Å²) in [6.45, 7) is 2.68. The lowest BCUT2D eigenvalue weighted by molar-refractivity contribution is 0.304. The highest BCUT2D eigenvalue weighted by Gasteiger charge is 2.18. The summed E-state index contributed by atoms with van der Waals surface area (Å²) in [5.41, 5.74) is 0. The molecule has 3 nitrogen and oxygen atoms in total. The van der Waals surface area contributed by atoms with E-state index in [9.17, 15) is 8.42 Å². The SMILES string of the molecule is CCCCCCCOc1cc(Cl)c(S(=O)(=O)Cl)cc1Cl. The van der Waals surface area contributed by atoms with E-state index >= 15 is 0 Å². The molecule has 1 aromatic rings. The van der Waals surface area contributed by atoms with Gasteiger partial charge in [-0.1, -0.05) is 55.8 Å². The van der Waals surface area contributed by atoms with Crippen molar-refractivity contribution >= 4 is 42.9 Å². The maximum atomic E-state index is 11.3. The van der Waals surface area contributed by atoms with Gasteiger partial charge in [0.2, 0.25) is 0 Å². The second kappa shape index (κ2) is 8.32. The van der Waals surface area contributed by atoms with E-state index < -0.39 is 9.05 Å². The van der Waals surface area contributed by atoms with Crippen LogP contribution >= 0.6 is 33.9 Å². The Balaban J connectivity index is 2.62. The predicted molar refractivity (Wildman–Crippen MR) is 83.8 cm³/mol. The van der Waals surface area contributed by atoms with Crippen molar-refractivity contribution in [2.75, 3.05) is 6.61 Å². The summed E-state index contributed by atoms with van der Waals surface area (Å²) in [6.07, 6.45) is 5.60. The Morgan fingerprint density at radius 1 is 1.05 bits per heavy atom. The monoisotopic (exact) mass is 358 g/mol. The Kier molecular flexibility index (Phi) is 7.45. The summed E-state index contributed by atoms with van der Waals surface area (Å²) in [4.78, 5) is -0.207. The van der Waals surface area contributed by atoms with E-state index in [2.05, 4.69) is 6.92 Å². The van der Waals surface area contributed by atoms with Crippen molar-refractivity contribution in [1.82, 2.24) is 0 Å². The van der Waals surface area contributed by atoms with E-state index in [1.54, 1.807) is 0 Å². The van der Waals surface area contributed by atoms with Crippen LogP contribution in [0.2, 0.25) is 10.0 Å². The van der Waals surface area contributed by atoms with Crippen LogP contribution in [0.15, 0.2) is 17.0 Å². The smallest absolute Gasteiger partial charge is 0.262 e. The molecule has 0 fully saturated rings. The molecule has 7 heteroatoms. The van der Waals surface area contributed by atoms with E-state index in [1.807, 2.05) is 0 Å². The summed E-state index contributed by atoms with van der Waals surface area (Å²) < 4.78 is 28.0. The Hall–Kier alpha value is -0.160. The largest absolute Gasteiger partial charge is 0.492 e. The minimum absolute atomic E-state index is 0.00498. The van der Waals surface area contributed by atoms with Crippen LogP contribution in [0.5, 0.6) is 5.75 Å². The van der Waals surface area contributed by atoms with Gasteiger partial charge in [0.05, 0.1) is 16.7 Å². The van der Waals surface area contributed by atoms with Gasteiger partial charge in [0.15, 0.2) is 0 Å². The van der Waals surface area contributed by atoms with Gasteiger partial charge >= 0.3 is 0 Å². The van der Waals surface area contributed by atoms with Gasteiger partial charge in [-0.15, -0.1) is 0 Å². The summed E-state index contributed by atoms with van der Waals surface area (Å²) in [7, 11) is 1.34. The lowest BCUT2D eigenvalue weighted by atomic mass is 10.2. The summed E-state index contributed by atoms with van der Waals surface area (Å²) in [6, 6.07) is 2.59. The minimum Gasteiger partial charge on any atom is -0.492 e. The Bertz CT molecular complexity index is 544. The fourth-order valence-corrected chi connectivity index (χ4v) is 3.49. The molecule has 0 aliphatic heterocycles. The van der Waals surface area contributed by atoms with Gasteiger partial charge in [-0.25, -0.2) is 8.42 Å². The van der Waals surface area contributed by atoms with Crippen LogP contribution in [0, 0.1) is 0 Å². The van der Waals surface area contributed by atoms with Crippen LogP contribution in [0.3, 0.4) is 0 Å². The van der Waals surface area contributed by atoms with Crippen LogP contribution < -0.4 is 4.74 Å². The first-order chi connectivity index (χ1) is 9.36. The quantitative estimate of drug-likeness (QED) is 0.469. The molecule has 0 bridgehead atoms. The Labute approximate surface area is 134 Å². The molecule has 114 valence electrons. The number of ether oxygens (including phenoxy) is 1. The van der Waals surface area contributed by atoms with Gasteiger partial charge in [-0.2, -0.15) is 0 Å². The maximum Gasteiger partial charge on any atom is 0.262 e. The third-order valence-electron chi connectivity index (χ3n) is 2.75. The molecule has 0 unspecified atom stereocenters. The molecule has 0 N–H and O–H groups in total. The van der Waals surface area contributed by atoms with Crippen molar-refractivity contribution in [1.29, 1.82) is 0 Å². The van der Waals surface area contributed by atoms with Crippen LogP contribution in [-0.2, 0) is 9.05 Å². The standard InChI is InChI=1S/C13H17Cl3O3S/c1-2-3-4-5-6-7-19-12-8-11(15)13(9-10(12)14)20(16,17)18/h8-9H,2-7H2,1H3. The van der Waals surface area contributed by atoms with Crippen LogP contribution in [0.4, 0.5) is 0 Å². The van der Waals surface area contributed by atoms with Gasteiger partial charge < -0.3 is 4.74 Å². The highest BCUT2D eigenvalue weighted by molar-refractivity contribution is 8.13. The van der Waals surface area contributed by atoms with Crippen molar-refractivity contribution in [2.45, 2.75) is 43.9 Å². The number of hydrogen-bond acceptors (Lipinski definition) is 3. The maximum absolute atomic E-state index is 11.3. The molecule has 1 aromatic carbocycles. The fourth-order valence-electron chi connectivity index (χ4n) is 1.70. The summed E-state index contributed by atoms with van der Waals surface area (Å²) >= 11 is 11.8. The molecule has 0 aliphatic rings. The van der Waals surface area contributed by atoms with E-state index in [4.69, 9.17) is 38.6 Å². The van der Waals surface area contributed by atoms with E-state index in [1.165, 1.54) is 31.4 Å². The summed E-state index contributed by atoms with van der Waals surface area (Å²) in [5.74, 6) is 0.372. The molecule has 0 atom stereocenters. The first-order valence-electron chi connectivity index (χ1n) is 6.42. The zero-order valence-electron chi connectivity index (χ0n) is 11.2. The number of halogens is 3. The zero-order chi connectivity index (χ0) is 15.2. The minimum atomic E-state index is -3.91. The van der Waals surface area contributed by atoms with E-state index in [0.29, 0.717) is 12.4 Å². The first kappa shape index (κ1) is 17.9. The van der Waals surface area contributed by atoms with E-state index in [-0.39, 0.29) is 14.9 Å². The van der Waals surface area contributed by atoms with Crippen LogP contribution in [0.1, 0.15) is 39.0 Å². The van der Waals surface area contributed by atoms with Crippen LogP contribution in [-0.4, -0.2) is 15.0 Å². The van der Waals surface area contributed by atoms with Gasteiger partial charge in [-0.05, 0) is 12.5 Å². The number of benzene rings is 1. The molecular formula is C13H17Cl3O3S. The highest BCUT2D eigenvalue weighted by atomic mass is 35.7. The summed E-state index contributed by atoms with van der Waals surface area (Å²) in [5, 5.41) is 0.188. The second-order valence-corrected chi connectivity index (χ2v) is 7.76. The topological polar surface area (TPSA) is 43.4 Å². The molecule has 1 rings (SSSR count). The average Bonchev–Trinajstić information content (AvgIpc) is 2.35. The normalized spacial score (nSPS) is 11.6. The van der Waals surface area contributed by atoms with Crippen LogP contribution in [0.25, 0.3) is 0 Å². The van der Waals surface area contributed by atoms with Crippen molar-refractivity contribution in [3.63, 3.8) is 0 Å². The lowest BCUT2D eigenvalue weighted by Gasteiger charge is -2.10. The molecule has 0 spiro atoms. The third kappa shape index (κ3) is 5.68. The molecule has 0 amide bonds. The third-order valence-corrected chi connectivity index (χ3v) is 4.84. The predicted octanol–water partition coefficient (Wildman–Crippen LogP) is 5.27. The van der Waals surface area contributed by atoms with Gasteiger partial charge in [0.25, 0.3) is 9.05 Å². The number of unbranched alkanes of at least 4 members (excludes halogenated alkanes) is 4. The Morgan fingerprint density at radius 3 is 2.30 bits per heavy atom. The highest BCUT2D eigenvalue weighted by Crippen LogP contribution is 2.35. The molecule has 0 radical (unpaired) electrons. The molecular weight excluding hydrogens is 343 g/mol. The number of rotatable bonds is 8. The first-order valence-corrected chi connectivity index (χ1v) is 9.49. The lowest BCUT2D eigenvalue weighted by Crippen LogP contribution is -2.00. The zero-order valence-corrected chi connectivity index (χ0v) is 14.2. The molecule has 0 saturated heterocycles. The van der Waals surface area contributed by atoms with Crippen molar-refractivity contribution in [2.24, 2.45) is 0 Å². The molecule has 0 aromatic heterocycles. The van der Waals surface area contributed by atoms with Gasteiger partial charge in [0.1, 0.15) is 10.6 Å². The number of hydrogen-bond donors (Lipinski definition) is 0. The Morgan fingerprint density at radius 2 is 1.70 bits per heavy atom. The van der Waals surface area contributed by atoms with Crippen molar-refractivity contribution < 1.29 is 13.2 Å². The van der Waals surface area contributed by atoms with Crippen molar-refractivity contribution in [3.05, 3.63) is 22.2 Å². The van der Waals surface area contributed by atoms with Crippen molar-refractivity contribution in [3.8, 4) is 5.75 Å². The molecule has 20 heavy (non-hydrogen) atoms. The van der Waals surface area contributed by atoms with E-state index in [0.717, 1.165) is 12.8 Å². The molecule has 0 aliphatic carbocycles.